The van der Waals surface area contributed by atoms with E-state index in [9.17, 15) is 8.42 Å². The summed E-state index contributed by atoms with van der Waals surface area (Å²) in [5.41, 5.74) is 7.95. The number of sulfonamides is 1. The summed E-state index contributed by atoms with van der Waals surface area (Å²) in [5.74, 6) is -0.459. The smallest absolute Gasteiger partial charge is 0.243 e. The van der Waals surface area contributed by atoms with Gasteiger partial charge in [-0.2, -0.15) is 14.7 Å². The van der Waals surface area contributed by atoms with Crippen molar-refractivity contribution in [3.63, 3.8) is 0 Å². The number of nitrogens with zero attached hydrogens (tertiary/aromatic N) is 4. The molecule has 0 saturated carbocycles. The summed E-state index contributed by atoms with van der Waals surface area (Å²) in [6.45, 7) is 2.50. The van der Waals surface area contributed by atoms with E-state index < -0.39 is 15.9 Å². The molecule has 0 bridgehead atoms. The van der Waals surface area contributed by atoms with E-state index in [0.29, 0.717) is 38.4 Å². The lowest BCUT2D eigenvalue weighted by Crippen LogP contribution is -2.49. The second kappa shape index (κ2) is 8.72. The highest BCUT2D eigenvalue weighted by Gasteiger charge is 2.28. The molecule has 1 aliphatic heterocycles. The molecule has 5 N–H and O–H groups in total. The largest absolute Gasteiger partial charge is 0.395 e. The SMILES string of the molecule is N#C/C(=N\Nc1ccc(S(=O)(=O)N2CCN(CCO)CC2)cc1)C(=N)N. The van der Waals surface area contributed by atoms with E-state index in [1.165, 1.54) is 28.6 Å². The normalized spacial score (nSPS) is 16.8. The van der Waals surface area contributed by atoms with Gasteiger partial charge in [-0.1, -0.05) is 0 Å². The zero-order valence-corrected chi connectivity index (χ0v) is 14.9. The molecule has 0 radical (unpaired) electrons. The summed E-state index contributed by atoms with van der Waals surface area (Å²) in [6.07, 6.45) is 0. The quantitative estimate of drug-likeness (QED) is 0.274. The Morgan fingerprint density at radius 2 is 1.92 bits per heavy atom. The minimum absolute atomic E-state index is 0.0564. The number of nitrogens with two attached hydrogens (primary N) is 1. The van der Waals surface area contributed by atoms with Crippen molar-refractivity contribution in [1.82, 2.24) is 9.21 Å². The van der Waals surface area contributed by atoms with E-state index in [2.05, 4.69) is 10.5 Å². The third-order valence-corrected chi connectivity index (χ3v) is 5.81. The van der Waals surface area contributed by atoms with Crippen molar-refractivity contribution in [2.75, 3.05) is 44.8 Å². The molecule has 0 aromatic heterocycles. The molecule has 0 amide bonds. The molecule has 140 valence electrons. The van der Waals surface area contributed by atoms with Crippen molar-refractivity contribution < 1.29 is 13.5 Å². The molecule has 1 fully saturated rings. The van der Waals surface area contributed by atoms with E-state index >= 15 is 0 Å². The van der Waals surface area contributed by atoms with Crippen molar-refractivity contribution in [3.8, 4) is 6.07 Å². The van der Waals surface area contributed by atoms with Crippen LogP contribution < -0.4 is 11.2 Å². The van der Waals surface area contributed by atoms with E-state index in [4.69, 9.17) is 21.5 Å². The summed E-state index contributed by atoms with van der Waals surface area (Å²) >= 11 is 0. The minimum Gasteiger partial charge on any atom is -0.395 e. The highest BCUT2D eigenvalue weighted by molar-refractivity contribution is 7.89. The predicted octanol–water partition coefficient (Wildman–Crippen LogP) is -0.787. The maximum absolute atomic E-state index is 12.7. The van der Waals surface area contributed by atoms with Crippen molar-refractivity contribution >= 4 is 27.3 Å². The summed E-state index contributed by atoms with van der Waals surface area (Å²) in [7, 11) is -3.59. The maximum atomic E-state index is 12.7. The van der Waals surface area contributed by atoms with Gasteiger partial charge in [0, 0.05) is 32.7 Å². The highest BCUT2D eigenvalue weighted by Crippen LogP contribution is 2.20. The average Bonchev–Trinajstić information content (AvgIpc) is 2.63. The molecule has 0 unspecified atom stereocenters. The molecule has 11 heteroatoms. The number of β-amino-alcohol motifs (C(OH)–C–C–N with tert-alkyl or cyclic N) is 1. The van der Waals surface area contributed by atoms with E-state index in [-0.39, 0.29) is 17.2 Å². The molecule has 0 atom stereocenters. The van der Waals surface area contributed by atoms with Gasteiger partial charge in [0.25, 0.3) is 0 Å². The fourth-order valence-corrected chi connectivity index (χ4v) is 3.87. The number of piperazine rings is 1. The van der Waals surface area contributed by atoms with Crippen molar-refractivity contribution in [1.29, 1.82) is 10.7 Å². The van der Waals surface area contributed by atoms with Gasteiger partial charge >= 0.3 is 0 Å². The molecule has 1 aliphatic rings. The first-order valence-corrected chi connectivity index (χ1v) is 9.34. The van der Waals surface area contributed by atoms with Gasteiger partial charge in [-0.25, -0.2) is 8.42 Å². The van der Waals surface area contributed by atoms with Crippen molar-refractivity contribution in [2.24, 2.45) is 10.8 Å². The van der Waals surface area contributed by atoms with Gasteiger partial charge < -0.3 is 10.8 Å². The van der Waals surface area contributed by atoms with Gasteiger partial charge in [0.1, 0.15) is 6.07 Å². The molecular formula is C15H21N7O3S. The van der Waals surface area contributed by atoms with Crippen LogP contribution in [0.3, 0.4) is 0 Å². The summed E-state index contributed by atoms with van der Waals surface area (Å²) in [4.78, 5) is 2.17. The molecule has 10 nitrogen and oxygen atoms in total. The molecule has 1 aromatic carbocycles. The number of aliphatic hydroxyl groups is 1. The first-order valence-electron chi connectivity index (χ1n) is 7.90. The lowest BCUT2D eigenvalue weighted by atomic mass is 10.3. The first-order chi connectivity index (χ1) is 12.4. The van der Waals surface area contributed by atoms with Crippen LogP contribution in [0.25, 0.3) is 0 Å². The predicted molar refractivity (Wildman–Crippen MR) is 97.3 cm³/mol. The Bertz CT molecular complexity index is 807. The Balaban J connectivity index is 2.05. The highest BCUT2D eigenvalue weighted by atomic mass is 32.2. The molecule has 1 aromatic rings. The number of rotatable bonds is 7. The van der Waals surface area contributed by atoms with Crippen LogP contribution in [0.2, 0.25) is 0 Å². The van der Waals surface area contributed by atoms with Crippen LogP contribution in [0.5, 0.6) is 0 Å². The van der Waals surface area contributed by atoms with Crippen LogP contribution in [0, 0.1) is 16.7 Å². The Hall–Kier alpha value is -2.52. The maximum Gasteiger partial charge on any atom is 0.243 e. The Morgan fingerprint density at radius 1 is 1.31 bits per heavy atom. The minimum atomic E-state index is -3.59. The molecule has 0 spiro atoms. The number of aliphatic hydroxyl groups excluding tert-OH is 1. The van der Waals surface area contributed by atoms with Crippen LogP contribution in [0.4, 0.5) is 5.69 Å². The lowest BCUT2D eigenvalue weighted by molar-refractivity contribution is 0.151. The zero-order chi connectivity index (χ0) is 19.2. The molecule has 2 rings (SSSR count). The number of hydrogen-bond acceptors (Lipinski definition) is 8. The van der Waals surface area contributed by atoms with Gasteiger partial charge in [-0.15, -0.1) is 0 Å². The fourth-order valence-electron chi connectivity index (χ4n) is 2.45. The molecular weight excluding hydrogens is 358 g/mol. The van der Waals surface area contributed by atoms with Gasteiger partial charge in [-0.05, 0) is 24.3 Å². The fraction of sp³-hybridized carbons (Fsp3) is 0.400. The Labute approximate surface area is 152 Å². The van der Waals surface area contributed by atoms with E-state index in [0.717, 1.165) is 0 Å². The second-order valence-corrected chi connectivity index (χ2v) is 7.53. The standard InChI is InChI=1S/C15H21N7O3S/c16-11-14(15(17)18)20-19-12-1-3-13(4-2-12)26(24,25)22-7-5-21(6-8-22)9-10-23/h1-4,19,23H,5-10H2,(H3,17,18)/b20-14+. The van der Waals surface area contributed by atoms with Crippen molar-refractivity contribution in [3.05, 3.63) is 24.3 Å². The number of nitrogens with one attached hydrogen (secondary N) is 2. The molecule has 0 aliphatic carbocycles. The number of benzene rings is 1. The van der Waals surface area contributed by atoms with E-state index in [1.54, 1.807) is 6.07 Å². The molecule has 26 heavy (non-hydrogen) atoms. The average molecular weight is 379 g/mol. The Kier molecular flexibility index (Phi) is 6.64. The van der Waals surface area contributed by atoms with Crippen molar-refractivity contribution in [2.45, 2.75) is 4.90 Å². The lowest BCUT2D eigenvalue weighted by Gasteiger charge is -2.33. The number of nitriles is 1. The van der Waals surface area contributed by atoms with Gasteiger partial charge in [0.2, 0.25) is 15.7 Å². The number of hydrogen-bond donors (Lipinski definition) is 4. The summed E-state index contributed by atoms with van der Waals surface area (Å²) < 4.78 is 26.8. The summed E-state index contributed by atoms with van der Waals surface area (Å²) in [5, 5.41) is 28.6. The number of amidine groups is 1. The van der Waals surface area contributed by atoms with Crippen LogP contribution in [-0.4, -0.2) is 73.6 Å². The summed E-state index contributed by atoms with van der Waals surface area (Å²) in [6, 6.07) is 7.62. The molecule has 1 saturated heterocycles. The molecule has 1 heterocycles. The number of anilines is 1. The third kappa shape index (κ3) is 4.77. The zero-order valence-electron chi connectivity index (χ0n) is 14.1. The van der Waals surface area contributed by atoms with Gasteiger partial charge in [0.15, 0.2) is 5.84 Å². The monoisotopic (exact) mass is 379 g/mol. The van der Waals surface area contributed by atoms with Crippen LogP contribution in [0.1, 0.15) is 0 Å². The number of hydrazone groups is 1. The van der Waals surface area contributed by atoms with Crippen LogP contribution in [0.15, 0.2) is 34.3 Å². The van der Waals surface area contributed by atoms with E-state index in [1.807, 2.05) is 4.90 Å². The van der Waals surface area contributed by atoms with Crippen LogP contribution >= 0.6 is 0 Å². The topological polar surface area (TPSA) is 159 Å². The third-order valence-electron chi connectivity index (χ3n) is 3.90. The van der Waals surface area contributed by atoms with Gasteiger partial charge in [0.05, 0.1) is 17.2 Å². The second-order valence-electron chi connectivity index (χ2n) is 5.59. The first kappa shape index (κ1) is 19.8. The van der Waals surface area contributed by atoms with Gasteiger partial charge in [-0.3, -0.25) is 15.7 Å². The van der Waals surface area contributed by atoms with Crippen LogP contribution in [-0.2, 0) is 10.0 Å². The Morgan fingerprint density at radius 3 is 2.42 bits per heavy atom.